The molecule has 2 aromatic rings. The number of amides is 2. The smallest absolute Gasteiger partial charge is 0.254 e. The summed E-state index contributed by atoms with van der Waals surface area (Å²) in [6, 6.07) is 13.0. The van der Waals surface area contributed by atoms with Crippen LogP contribution in [0.3, 0.4) is 0 Å². The molecule has 4 rings (SSSR count). The normalized spacial score (nSPS) is 21.8. The summed E-state index contributed by atoms with van der Waals surface area (Å²) in [7, 11) is 1.54. The Hall–Kier alpha value is -2.93. The van der Waals surface area contributed by atoms with E-state index in [1.807, 2.05) is 37.3 Å². The van der Waals surface area contributed by atoms with E-state index < -0.39 is 0 Å². The average molecular weight is 440 g/mol. The number of nitrogens with one attached hydrogen (secondary N) is 2. The third kappa shape index (κ3) is 5.10. The fraction of sp³-hybridized carbons (Fsp3) is 0.440. The summed E-state index contributed by atoms with van der Waals surface area (Å²) in [6.07, 6.45) is 3.11. The van der Waals surface area contributed by atoms with Crippen LogP contribution in [0.4, 0.5) is 4.39 Å². The lowest BCUT2D eigenvalue weighted by atomic mass is 9.96. The first-order chi connectivity index (χ1) is 15.4. The molecule has 2 aromatic carbocycles. The number of piperazine rings is 1. The molecule has 0 unspecified atom stereocenters. The molecule has 2 aliphatic rings. The van der Waals surface area contributed by atoms with Crippen molar-refractivity contribution in [3.05, 3.63) is 65.0 Å². The number of ether oxygens (including phenoxy) is 1. The number of carbonyl (C=O) groups is 2. The van der Waals surface area contributed by atoms with Gasteiger partial charge in [0.2, 0.25) is 5.91 Å². The van der Waals surface area contributed by atoms with Crippen molar-refractivity contribution in [2.45, 2.75) is 44.2 Å². The zero-order chi connectivity index (χ0) is 22.7. The first kappa shape index (κ1) is 22.3. The van der Waals surface area contributed by atoms with Gasteiger partial charge in [-0.15, -0.1) is 0 Å². The maximum Gasteiger partial charge on any atom is 0.254 e. The first-order valence-electron chi connectivity index (χ1n) is 11.2. The third-order valence-electron chi connectivity index (χ3n) is 6.50. The first-order valence-corrected chi connectivity index (χ1v) is 11.2. The van der Waals surface area contributed by atoms with Gasteiger partial charge >= 0.3 is 0 Å². The zero-order valence-electron chi connectivity index (χ0n) is 18.6. The predicted molar refractivity (Wildman–Crippen MR) is 120 cm³/mol. The van der Waals surface area contributed by atoms with Gasteiger partial charge < -0.3 is 20.3 Å². The quantitative estimate of drug-likeness (QED) is 0.724. The van der Waals surface area contributed by atoms with Crippen molar-refractivity contribution in [2.75, 3.05) is 26.7 Å². The van der Waals surface area contributed by atoms with Gasteiger partial charge in [0, 0.05) is 36.8 Å². The Balaban J connectivity index is 1.34. The minimum absolute atomic E-state index is 0.0186. The van der Waals surface area contributed by atoms with E-state index in [9.17, 15) is 14.0 Å². The number of hydrogen-bond acceptors (Lipinski definition) is 4. The van der Waals surface area contributed by atoms with Crippen LogP contribution in [0.25, 0.3) is 0 Å². The second-order valence-electron chi connectivity index (χ2n) is 8.72. The predicted octanol–water partition coefficient (Wildman–Crippen LogP) is 3.39. The number of benzene rings is 2. The molecular weight excluding hydrogens is 409 g/mol. The van der Waals surface area contributed by atoms with Crippen LogP contribution in [0.5, 0.6) is 5.75 Å². The largest absolute Gasteiger partial charge is 0.497 e. The summed E-state index contributed by atoms with van der Waals surface area (Å²) in [5.41, 5.74) is 2.71. The number of hydrogen-bond donors (Lipinski definition) is 2. The van der Waals surface area contributed by atoms with E-state index in [0.717, 1.165) is 24.8 Å². The highest BCUT2D eigenvalue weighted by molar-refractivity contribution is 5.97. The van der Waals surface area contributed by atoms with Crippen molar-refractivity contribution in [3.63, 3.8) is 0 Å². The van der Waals surface area contributed by atoms with Gasteiger partial charge in [0.25, 0.3) is 5.91 Å². The molecule has 0 radical (unpaired) electrons. The molecule has 0 aromatic heterocycles. The summed E-state index contributed by atoms with van der Waals surface area (Å²) in [5.74, 6) is 0.440. The molecule has 1 saturated carbocycles. The SMILES string of the molecule is COc1cc(F)cc([C@@H](C)N[C@H]2CC[C@@H](c3ccc(C(=O)N4CCNC(=O)C4)cc3)C2)c1. The average Bonchev–Trinajstić information content (AvgIpc) is 3.26. The van der Waals surface area contributed by atoms with Gasteiger partial charge in [-0.1, -0.05) is 12.1 Å². The number of halogens is 1. The Morgan fingerprint density at radius 2 is 2.00 bits per heavy atom. The Morgan fingerprint density at radius 1 is 1.22 bits per heavy atom. The van der Waals surface area contributed by atoms with Crippen LogP contribution in [0.15, 0.2) is 42.5 Å². The molecule has 170 valence electrons. The molecule has 3 atom stereocenters. The molecule has 0 bridgehead atoms. The van der Waals surface area contributed by atoms with Gasteiger partial charge in [0.1, 0.15) is 11.6 Å². The molecule has 7 heteroatoms. The Morgan fingerprint density at radius 3 is 2.72 bits per heavy atom. The summed E-state index contributed by atoms with van der Waals surface area (Å²) < 4.78 is 19.0. The lowest BCUT2D eigenvalue weighted by molar-refractivity contribution is -0.123. The van der Waals surface area contributed by atoms with Crippen LogP contribution in [-0.2, 0) is 4.79 Å². The van der Waals surface area contributed by atoms with Crippen LogP contribution in [0.2, 0.25) is 0 Å². The van der Waals surface area contributed by atoms with Crippen molar-refractivity contribution in [2.24, 2.45) is 0 Å². The number of nitrogens with zero attached hydrogens (tertiary/aromatic N) is 1. The highest BCUT2D eigenvalue weighted by Crippen LogP contribution is 2.36. The van der Waals surface area contributed by atoms with Gasteiger partial charge in [0.15, 0.2) is 0 Å². The van der Waals surface area contributed by atoms with Crippen molar-refractivity contribution < 1.29 is 18.7 Å². The fourth-order valence-corrected chi connectivity index (χ4v) is 4.73. The number of carbonyl (C=O) groups excluding carboxylic acids is 2. The second-order valence-corrected chi connectivity index (χ2v) is 8.72. The molecule has 1 aliphatic heterocycles. The highest BCUT2D eigenvalue weighted by Gasteiger charge is 2.28. The van der Waals surface area contributed by atoms with Crippen LogP contribution < -0.4 is 15.4 Å². The second kappa shape index (κ2) is 9.69. The molecular formula is C25H30FN3O3. The Bertz CT molecular complexity index is 979. The van der Waals surface area contributed by atoms with Crippen LogP contribution in [0.1, 0.15) is 59.6 Å². The van der Waals surface area contributed by atoms with E-state index in [4.69, 9.17) is 4.74 Å². The van der Waals surface area contributed by atoms with E-state index in [-0.39, 0.29) is 30.2 Å². The minimum atomic E-state index is -0.294. The maximum absolute atomic E-state index is 13.8. The van der Waals surface area contributed by atoms with Gasteiger partial charge in [-0.25, -0.2) is 4.39 Å². The van der Waals surface area contributed by atoms with Gasteiger partial charge in [-0.3, -0.25) is 9.59 Å². The van der Waals surface area contributed by atoms with Gasteiger partial charge in [-0.05, 0) is 67.5 Å². The Kier molecular flexibility index (Phi) is 6.74. The summed E-state index contributed by atoms with van der Waals surface area (Å²) in [5, 5.41) is 6.37. The summed E-state index contributed by atoms with van der Waals surface area (Å²) in [6.45, 7) is 3.20. The lowest BCUT2D eigenvalue weighted by Crippen LogP contribution is -2.49. The molecule has 1 heterocycles. The summed E-state index contributed by atoms with van der Waals surface area (Å²) in [4.78, 5) is 25.8. The standard InChI is InChI=1S/C25H30FN3O3/c1-16(20-11-21(26)14-23(13-20)32-2)28-22-8-7-19(12-22)17-3-5-18(6-4-17)25(31)29-10-9-27-24(30)15-29/h3-6,11,13-14,16,19,22,28H,7-10,12,15H2,1-2H3,(H,27,30)/t16-,19-,22+/m1/s1. The minimum Gasteiger partial charge on any atom is -0.497 e. The van der Waals surface area contributed by atoms with E-state index >= 15 is 0 Å². The van der Waals surface area contributed by atoms with E-state index in [2.05, 4.69) is 10.6 Å². The lowest BCUT2D eigenvalue weighted by Gasteiger charge is -2.26. The number of rotatable bonds is 6. The number of methoxy groups -OCH3 is 1. The van der Waals surface area contributed by atoms with Crippen molar-refractivity contribution >= 4 is 11.8 Å². The molecule has 1 saturated heterocycles. The molecule has 1 aliphatic carbocycles. The van der Waals surface area contributed by atoms with Crippen molar-refractivity contribution in [1.29, 1.82) is 0 Å². The highest BCUT2D eigenvalue weighted by atomic mass is 19.1. The van der Waals surface area contributed by atoms with Crippen molar-refractivity contribution in [1.82, 2.24) is 15.5 Å². The Labute approximate surface area is 188 Å². The van der Waals surface area contributed by atoms with Crippen molar-refractivity contribution in [3.8, 4) is 5.75 Å². The molecule has 2 fully saturated rings. The van der Waals surface area contributed by atoms with E-state index in [1.54, 1.807) is 18.1 Å². The van der Waals surface area contributed by atoms with Gasteiger partial charge in [0.05, 0.1) is 13.7 Å². The molecule has 6 nitrogen and oxygen atoms in total. The molecule has 2 amide bonds. The summed E-state index contributed by atoms with van der Waals surface area (Å²) >= 11 is 0. The topological polar surface area (TPSA) is 70.7 Å². The van der Waals surface area contributed by atoms with Crippen LogP contribution in [0, 0.1) is 5.82 Å². The van der Waals surface area contributed by atoms with E-state index in [0.29, 0.717) is 36.4 Å². The monoisotopic (exact) mass is 439 g/mol. The third-order valence-corrected chi connectivity index (χ3v) is 6.50. The zero-order valence-corrected chi connectivity index (χ0v) is 18.6. The fourth-order valence-electron chi connectivity index (χ4n) is 4.73. The van der Waals surface area contributed by atoms with Crippen LogP contribution in [-0.4, -0.2) is 49.5 Å². The van der Waals surface area contributed by atoms with Gasteiger partial charge in [-0.2, -0.15) is 0 Å². The maximum atomic E-state index is 13.8. The molecule has 32 heavy (non-hydrogen) atoms. The molecule has 2 N–H and O–H groups in total. The van der Waals surface area contributed by atoms with E-state index in [1.165, 1.54) is 11.6 Å². The van der Waals surface area contributed by atoms with Crippen LogP contribution >= 0.6 is 0 Å². The molecule has 0 spiro atoms.